The molecule has 3 N–H and O–H groups in total. The summed E-state index contributed by atoms with van der Waals surface area (Å²) in [5.41, 5.74) is 1.67. The zero-order valence-electron chi connectivity index (χ0n) is 16.9. The molecule has 3 aromatic rings. The van der Waals surface area contributed by atoms with Gasteiger partial charge in [-0.2, -0.15) is 5.10 Å². The molecule has 9 nitrogen and oxygen atoms in total. The summed E-state index contributed by atoms with van der Waals surface area (Å²) in [5, 5.41) is 13.6. The summed E-state index contributed by atoms with van der Waals surface area (Å²) in [5.74, 6) is 2.23. The monoisotopic (exact) mass is 413 g/mol. The van der Waals surface area contributed by atoms with Crippen molar-refractivity contribution in [2.24, 2.45) is 0 Å². The largest absolute Gasteiger partial charge is 0.490 e. The first-order chi connectivity index (χ1) is 13.9. The van der Waals surface area contributed by atoms with Crippen LogP contribution in [0.25, 0.3) is 0 Å². The van der Waals surface area contributed by atoms with E-state index in [-0.39, 0.29) is 5.91 Å². The lowest BCUT2D eigenvalue weighted by molar-refractivity contribution is -0.114. The predicted molar refractivity (Wildman–Crippen MR) is 114 cm³/mol. The fourth-order valence-corrected chi connectivity index (χ4v) is 3.31. The Morgan fingerprint density at radius 3 is 2.48 bits per heavy atom. The van der Waals surface area contributed by atoms with E-state index in [1.165, 1.54) is 18.7 Å². The van der Waals surface area contributed by atoms with E-state index < -0.39 is 0 Å². The highest BCUT2D eigenvalue weighted by Crippen LogP contribution is 2.37. The highest BCUT2D eigenvalue weighted by molar-refractivity contribution is 7.99. The minimum Gasteiger partial charge on any atom is -0.490 e. The van der Waals surface area contributed by atoms with Gasteiger partial charge in [-0.25, -0.2) is 9.97 Å². The molecule has 0 saturated heterocycles. The molecule has 0 aliphatic rings. The van der Waals surface area contributed by atoms with E-state index in [0.29, 0.717) is 28.4 Å². The molecule has 10 heteroatoms. The number of hydrogen-bond donors (Lipinski definition) is 3. The number of aromatic amines is 1. The molecule has 2 aromatic heterocycles. The lowest BCUT2D eigenvalue weighted by Crippen LogP contribution is -2.14. The number of nitrogens with zero attached hydrogens (tertiary/aromatic N) is 4. The number of amides is 1. The molecule has 0 radical (unpaired) electrons. The quantitative estimate of drug-likeness (QED) is 0.506. The van der Waals surface area contributed by atoms with Crippen molar-refractivity contribution in [3.63, 3.8) is 0 Å². The van der Waals surface area contributed by atoms with Gasteiger partial charge in [-0.1, -0.05) is 0 Å². The zero-order valence-corrected chi connectivity index (χ0v) is 17.7. The van der Waals surface area contributed by atoms with Crippen molar-refractivity contribution >= 4 is 40.8 Å². The number of rotatable bonds is 7. The minimum absolute atomic E-state index is 0.108. The maximum atomic E-state index is 11.2. The molecule has 0 aliphatic carbocycles. The fourth-order valence-electron chi connectivity index (χ4n) is 2.56. The topological polar surface area (TPSA) is 108 Å². The highest BCUT2D eigenvalue weighted by atomic mass is 32.2. The number of aryl methyl sites for hydroxylation is 1. The van der Waals surface area contributed by atoms with Gasteiger partial charge in [-0.3, -0.25) is 9.89 Å². The molecule has 29 heavy (non-hydrogen) atoms. The van der Waals surface area contributed by atoms with Gasteiger partial charge in [0.15, 0.2) is 22.6 Å². The van der Waals surface area contributed by atoms with Crippen molar-refractivity contribution in [1.29, 1.82) is 0 Å². The van der Waals surface area contributed by atoms with E-state index in [1.54, 1.807) is 7.11 Å². The molecule has 1 amide bonds. The molecular weight excluding hydrogens is 390 g/mol. The van der Waals surface area contributed by atoms with Gasteiger partial charge in [0, 0.05) is 43.4 Å². The average Bonchev–Trinajstić information content (AvgIpc) is 3.07. The van der Waals surface area contributed by atoms with Gasteiger partial charge in [0.25, 0.3) is 0 Å². The average molecular weight is 414 g/mol. The van der Waals surface area contributed by atoms with Crippen LogP contribution in [-0.2, 0) is 4.79 Å². The number of anilines is 4. The van der Waals surface area contributed by atoms with Crippen LogP contribution in [0.15, 0.2) is 40.4 Å². The van der Waals surface area contributed by atoms with E-state index >= 15 is 0 Å². The molecule has 0 spiro atoms. The molecule has 0 fully saturated rings. The Kier molecular flexibility index (Phi) is 6.23. The van der Waals surface area contributed by atoms with E-state index in [2.05, 4.69) is 30.8 Å². The van der Waals surface area contributed by atoms with Gasteiger partial charge in [0.1, 0.15) is 0 Å². The Morgan fingerprint density at radius 1 is 1.21 bits per heavy atom. The van der Waals surface area contributed by atoms with Crippen molar-refractivity contribution < 1.29 is 9.53 Å². The van der Waals surface area contributed by atoms with Crippen LogP contribution in [0.2, 0.25) is 0 Å². The number of carbonyl (C=O) groups is 1. The molecule has 152 valence electrons. The number of nitrogens with one attached hydrogen (secondary N) is 3. The number of hydrogen-bond acceptors (Lipinski definition) is 8. The smallest absolute Gasteiger partial charge is 0.221 e. The Morgan fingerprint density at radius 2 is 1.93 bits per heavy atom. The van der Waals surface area contributed by atoms with Crippen molar-refractivity contribution in [2.45, 2.75) is 23.9 Å². The van der Waals surface area contributed by atoms with Gasteiger partial charge in [0.2, 0.25) is 11.7 Å². The summed E-state index contributed by atoms with van der Waals surface area (Å²) >= 11 is 1.41. The highest BCUT2D eigenvalue weighted by Gasteiger charge is 2.18. The molecule has 3 rings (SSSR count). The first-order valence-electron chi connectivity index (χ1n) is 8.83. The third-order valence-corrected chi connectivity index (χ3v) is 4.66. The Bertz CT molecular complexity index is 1000. The Labute approximate surface area is 173 Å². The van der Waals surface area contributed by atoms with E-state index in [4.69, 9.17) is 4.74 Å². The van der Waals surface area contributed by atoms with Crippen molar-refractivity contribution in [3.05, 3.63) is 36.0 Å². The van der Waals surface area contributed by atoms with E-state index in [1.807, 2.05) is 56.3 Å². The van der Waals surface area contributed by atoms with Crippen molar-refractivity contribution in [2.75, 3.05) is 36.7 Å². The third-order valence-electron chi connectivity index (χ3n) is 3.79. The maximum Gasteiger partial charge on any atom is 0.221 e. The van der Waals surface area contributed by atoms with Gasteiger partial charge in [0.05, 0.1) is 7.11 Å². The second-order valence-corrected chi connectivity index (χ2v) is 7.52. The minimum atomic E-state index is -0.108. The number of aromatic nitrogens is 4. The molecule has 1 aromatic carbocycles. The summed E-state index contributed by atoms with van der Waals surface area (Å²) in [4.78, 5) is 23.2. The summed E-state index contributed by atoms with van der Waals surface area (Å²) in [6.45, 7) is 3.40. The first-order valence-corrected chi connectivity index (χ1v) is 9.65. The molecule has 0 bridgehead atoms. The van der Waals surface area contributed by atoms with Gasteiger partial charge < -0.3 is 20.3 Å². The number of carbonyl (C=O) groups excluding carboxylic acids is 1. The SMILES string of the molecule is COc1c(Nc2cc(C)[nH]n2)nc(Sc2ccc(NC(C)=O)cc2)nc1N(C)C. The maximum absolute atomic E-state index is 11.2. The molecular formula is C19H23N7O2S. The summed E-state index contributed by atoms with van der Waals surface area (Å²) in [6, 6.07) is 9.37. The third kappa shape index (κ3) is 5.17. The lowest BCUT2D eigenvalue weighted by atomic mass is 10.3. The van der Waals surface area contributed by atoms with Crippen LogP contribution in [0.5, 0.6) is 5.75 Å². The number of ether oxygens (including phenoxy) is 1. The van der Waals surface area contributed by atoms with Crippen LogP contribution in [0.4, 0.5) is 23.1 Å². The predicted octanol–water partition coefficient (Wildman–Crippen LogP) is 3.44. The molecule has 0 atom stereocenters. The van der Waals surface area contributed by atoms with Crippen molar-refractivity contribution in [1.82, 2.24) is 20.2 Å². The van der Waals surface area contributed by atoms with Gasteiger partial charge in [-0.15, -0.1) is 0 Å². The van der Waals surface area contributed by atoms with Crippen molar-refractivity contribution in [3.8, 4) is 5.75 Å². The molecule has 0 saturated carbocycles. The Balaban J connectivity index is 1.92. The summed E-state index contributed by atoms with van der Waals surface area (Å²) in [6.07, 6.45) is 0. The normalized spacial score (nSPS) is 10.5. The fraction of sp³-hybridized carbons (Fsp3) is 0.263. The van der Waals surface area contributed by atoms with Crippen LogP contribution < -0.4 is 20.3 Å². The van der Waals surface area contributed by atoms with E-state index in [9.17, 15) is 4.79 Å². The summed E-state index contributed by atoms with van der Waals surface area (Å²) < 4.78 is 5.56. The van der Waals surface area contributed by atoms with Crippen LogP contribution in [0.1, 0.15) is 12.6 Å². The van der Waals surface area contributed by atoms with E-state index in [0.717, 1.165) is 16.3 Å². The van der Waals surface area contributed by atoms with Crippen LogP contribution in [0.3, 0.4) is 0 Å². The van der Waals surface area contributed by atoms with Crippen LogP contribution in [-0.4, -0.2) is 47.3 Å². The lowest BCUT2D eigenvalue weighted by Gasteiger charge is -2.18. The molecule has 0 unspecified atom stereocenters. The summed E-state index contributed by atoms with van der Waals surface area (Å²) in [7, 11) is 5.37. The van der Waals surface area contributed by atoms with Crippen LogP contribution in [0, 0.1) is 6.92 Å². The van der Waals surface area contributed by atoms with Gasteiger partial charge in [-0.05, 0) is 43.0 Å². The second-order valence-electron chi connectivity index (χ2n) is 6.47. The Hall–Kier alpha value is -3.27. The number of H-pyrrole nitrogens is 1. The first kappa shape index (κ1) is 20.5. The number of benzene rings is 1. The van der Waals surface area contributed by atoms with Crippen LogP contribution >= 0.6 is 11.8 Å². The van der Waals surface area contributed by atoms with Gasteiger partial charge >= 0.3 is 0 Å². The molecule has 2 heterocycles. The second kappa shape index (κ2) is 8.82. The zero-order chi connectivity index (χ0) is 21.0. The number of methoxy groups -OCH3 is 1. The standard InChI is InChI=1S/C19H23N7O2S/c1-11-10-15(25-24-11)21-17-16(28-5)18(26(3)4)23-19(22-17)29-14-8-6-13(7-9-14)20-12(2)27/h6-10H,1-5H3,(H,20,27)(H2,21,22,23,24,25). The molecule has 0 aliphatic heterocycles.